The number of nitrogens with one attached hydrogen (secondary N) is 1. The average Bonchev–Trinajstić information content (AvgIpc) is 2.78. The lowest BCUT2D eigenvalue weighted by Crippen LogP contribution is -2.37. The number of hydrogen-bond acceptors (Lipinski definition) is 3. The van der Waals surface area contributed by atoms with Crippen LogP contribution < -0.4 is 5.32 Å². The van der Waals surface area contributed by atoms with Crippen molar-refractivity contribution in [1.29, 1.82) is 0 Å². The normalized spacial score (nSPS) is 17.9. The molecule has 1 fully saturated rings. The van der Waals surface area contributed by atoms with Gasteiger partial charge in [0.2, 0.25) is 5.12 Å². The van der Waals surface area contributed by atoms with E-state index in [4.69, 9.17) is 0 Å². The van der Waals surface area contributed by atoms with Crippen molar-refractivity contribution in [3.05, 3.63) is 35.4 Å². The van der Waals surface area contributed by atoms with Crippen molar-refractivity contribution in [2.45, 2.75) is 33.2 Å². The van der Waals surface area contributed by atoms with Gasteiger partial charge in [-0.05, 0) is 25.5 Å². The number of benzene rings is 1. The quantitative estimate of drug-likeness (QED) is 0.896. The van der Waals surface area contributed by atoms with Gasteiger partial charge in [-0.1, -0.05) is 43.3 Å². The van der Waals surface area contributed by atoms with Crippen LogP contribution >= 0.6 is 11.8 Å². The van der Waals surface area contributed by atoms with Crippen molar-refractivity contribution < 1.29 is 11.0 Å². The van der Waals surface area contributed by atoms with Crippen LogP contribution in [0.1, 0.15) is 37.6 Å². The molecule has 3 nitrogen and oxygen atoms in total. The predicted octanol–water partition coefficient (Wildman–Crippen LogP) is 3.03. The molecule has 18 heavy (non-hydrogen) atoms. The van der Waals surface area contributed by atoms with Crippen molar-refractivity contribution in [2.24, 2.45) is 0 Å². The summed E-state index contributed by atoms with van der Waals surface area (Å²) in [5.74, 6) is 0.637. The summed E-state index contributed by atoms with van der Waals surface area (Å²) in [7, 11) is 0. The number of rotatable bonds is 2. The maximum Gasteiger partial charge on any atom is 0.251 e. The Bertz CT molecular complexity index is 420. The van der Waals surface area contributed by atoms with Gasteiger partial charge in [0.25, 0.3) is 5.91 Å². The van der Waals surface area contributed by atoms with E-state index in [9.17, 15) is 9.59 Å². The number of hydrogen-bond donors (Lipinski definition) is 1. The molecule has 0 aliphatic carbocycles. The fourth-order valence-corrected chi connectivity index (χ4v) is 2.51. The van der Waals surface area contributed by atoms with Gasteiger partial charge in [-0.3, -0.25) is 9.59 Å². The van der Waals surface area contributed by atoms with Gasteiger partial charge < -0.3 is 5.32 Å². The third-order valence-corrected chi connectivity index (χ3v) is 3.56. The average molecular weight is 267 g/mol. The van der Waals surface area contributed by atoms with Crippen LogP contribution in [-0.4, -0.2) is 22.8 Å². The van der Waals surface area contributed by atoms with Crippen LogP contribution in [0, 0.1) is 6.92 Å². The molecule has 4 heteroatoms. The largest absolute Gasteiger partial charge is 0.341 e. The summed E-state index contributed by atoms with van der Waals surface area (Å²) in [4.78, 5) is 23.1. The van der Waals surface area contributed by atoms with Crippen LogP contribution in [-0.2, 0) is 4.79 Å². The van der Waals surface area contributed by atoms with Gasteiger partial charge in [0.05, 0.1) is 6.04 Å². The third kappa shape index (κ3) is 3.88. The third-order valence-electron chi connectivity index (χ3n) is 2.55. The zero-order valence-electron chi connectivity index (χ0n) is 11.0. The van der Waals surface area contributed by atoms with Gasteiger partial charge in [-0.15, -0.1) is 0 Å². The van der Waals surface area contributed by atoms with E-state index in [1.165, 1.54) is 11.8 Å². The van der Waals surface area contributed by atoms with Crippen LogP contribution in [0.3, 0.4) is 0 Å². The molecule has 2 rings (SSSR count). The summed E-state index contributed by atoms with van der Waals surface area (Å²) in [5.41, 5.74) is 1.72. The lowest BCUT2D eigenvalue weighted by atomic mass is 10.1. The van der Waals surface area contributed by atoms with Gasteiger partial charge in [0.15, 0.2) is 0 Å². The van der Waals surface area contributed by atoms with E-state index in [1.807, 2.05) is 32.9 Å². The van der Waals surface area contributed by atoms with Crippen LogP contribution in [0.25, 0.3) is 0 Å². The summed E-state index contributed by atoms with van der Waals surface area (Å²) >= 11 is 1.29. The number of carbonyl (C=O) groups excluding carboxylic acids is 2. The first-order valence-corrected chi connectivity index (χ1v) is 7.19. The van der Waals surface area contributed by atoms with E-state index in [0.29, 0.717) is 5.56 Å². The van der Waals surface area contributed by atoms with E-state index in [2.05, 4.69) is 5.32 Å². The topological polar surface area (TPSA) is 46.2 Å². The molecule has 1 aromatic carbocycles. The lowest BCUT2D eigenvalue weighted by Gasteiger charge is -2.09. The van der Waals surface area contributed by atoms with Crippen LogP contribution in [0.5, 0.6) is 0 Å². The molecule has 1 aliphatic rings. The van der Waals surface area contributed by atoms with Crippen molar-refractivity contribution in [1.82, 2.24) is 5.32 Å². The van der Waals surface area contributed by atoms with E-state index in [-0.39, 0.29) is 18.5 Å². The van der Waals surface area contributed by atoms with E-state index >= 15 is 0 Å². The standard InChI is InChI=1S/C12H13NO2S.C2H6.H2/c1-8-2-4-9(5-3-8)11(14)13-10-6-7-16-12(10)15;1-2;/h2-5,10H,6-7H2,1H3,(H,13,14);1-2H3;1H. The fraction of sp³-hybridized carbons (Fsp3) is 0.429. The highest BCUT2D eigenvalue weighted by atomic mass is 32.2. The summed E-state index contributed by atoms with van der Waals surface area (Å²) < 4.78 is 0. The van der Waals surface area contributed by atoms with Gasteiger partial charge in [-0.2, -0.15) is 0 Å². The Morgan fingerprint density at radius 1 is 1.33 bits per heavy atom. The summed E-state index contributed by atoms with van der Waals surface area (Å²) in [6.07, 6.45) is 0.737. The Balaban J connectivity index is 0.00000103. The summed E-state index contributed by atoms with van der Waals surface area (Å²) in [6, 6.07) is 7.02. The molecule has 1 amide bonds. The minimum absolute atomic E-state index is 0. The summed E-state index contributed by atoms with van der Waals surface area (Å²) in [6.45, 7) is 5.97. The lowest BCUT2D eigenvalue weighted by molar-refractivity contribution is -0.112. The number of thioether (sulfide) groups is 1. The molecule has 1 heterocycles. The van der Waals surface area contributed by atoms with Crippen LogP contribution in [0.4, 0.5) is 0 Å². The zero-order chi connectivity index (χ0) is 13.5. The second kappa shape index (κ2) is 7.21. The molecule has 0 spiro atoms. The van der Waals surface area contributed by atoms with E-state index in [0.717, 1.165) is 17.7 Å². The van der Waals surface area contributed by atoms with Crippen molar-refractivity contribution in [3.8, 4) is 0 Å². The SMILES string of the molecule is CC.Cc1ccc(C(=O)NC2CCSC2=O)cc1.[HH]. The first-order chi connectivity index (χ1) is 8.66. The molecule has 1 saturated heterocycles. The minimum atomic E-state index is -0.307. The molecule has 1 aromatic rings. The Labute approximate surface area is 114 Å². The Morgan fingerprint density at radius 3 is 2.44 bits per heavy atom. The molecule has 0 radical (unpaired) electrons. The number of amides is 1. The maximum absolute atomic E-state index is 11.8. The first kappa shape index (κ1) is 14.8. The molecule has 1 atom stereocenters. The molecule has 0 bridgehead atoms. The monoisotopic (exact) mass is 267 g/mol. The maximum atomic E-state index is 11.8. The van der Waals surface area contributed by atoms with Gasteiger partial charge in [0.1, 0.15) is 0 Å². The minimum Gasteiger partial charge on any atom is -0.341 e. The highest BCUT2D eigenvalue weighted by molar-refractivity contribution is 8.14. The molecule has 1 N–H and O–H groups in total. The number of aryl methyl sites for hydroxylation is 1. The zero-order valence-corrected chi connectivity index (χ0v) is 11.8. The second-order valence-electron chi connectivity index (χ2n) is 3.85. The van der Waals surface area contributed by atoms with Crippen molar-refractivity contribution >= 4 is 22.8 Å². The van der Waals surface area contributed by atoms with Gasteiger partial charge in [-0.25, -0.2) is 0 Å². The molecule has 1 aliphatic heterocycles. The van der Waals surface area contributed by atoms with Crippen LogP contribution in [0.15, 0.2) is 24.3 Å². The Morgan fingerprint density at radius 2 is 1.94 bits per heavy atom. The molecule has 1 unspecified atom stereocenters. The predicted molar refractivity (Wildman–Crippen MR) is 78.0 cm³/mol. The Hall–Kier alpha value is -1.29. The Kier molecular flexibility index (Phi) is 5.92. The van der Waals surface area contributed by atoms with E-state index in [1.54, 1.807) is 12.1 Å². The molecule has 0 aromatic heterocycles. The van der Waals surface area contributed by atoms with Crippen molar-refractivity contribution in [2.75, 3.05) is 5.75 Å². The fourth-order valence-electron chi connectivity index (χ4n) is 1.57. The van der Waals surface area contributed by atoms with Gasteiger partial charge >= 0.3 is 0 Å². The first-order valence-electron chi connectivity index (χ1n) is 6.21. The number of carbonyl (C=O) groups is 2. The molecular weight excluding hydrogens is 246 g/mol. The highest BCUT2D eigenvalue weighted by Crippen LogP contribution is 2.19. The highest BCUT2D eigenvalue weighted by Gasteiger charge is 2.26. The van der Waals surface area contributed by atoms with Gasteiger partial charge in [0, 0.05) is 12.7 Å². The van der Waals surface area contributed by atoms with Crippen molar-refractivity contribution in [3.63, 3.8) is 0 Å². The smallest absolute Gasteiger partial charge is 0.251 e. The summed E-state index contributed by atoms with van der Waals surface area (Å²) in [5, 5.41) is 2.82. The molecular formula is C14H21NO2S. The van der Waals surface area contributed by atoms with Crippen LogP contribution in [0.2, 0.25) is 0 Å². The molecule has 100 valence electrons. The molecule has 0 saturated carbocycles. The second-order valence-corrected chi connectivity index (χ2v) is 4.95. The van der Waals surface area contributed by atoms with E-state index < -0.39 is 0 Å².